The number of piperidine rings is 1. The fraction of sp³-hybridized carbons (Fsp3) is 0.667. The summed E-state index contributed by atoms with van der Waals surface area (Å²) in [7, 11) is 0. The zero-order valence-electron chi connectivity index (χ0n) is 16.4. The van der Waals surface area contributed by atoms with E-state index in [9.17, 15) is 4.79 Å². The highest BCUT2D eigenvalue weighted by molar-refractivity contribution is 5.81. The molecule has 1 atom stereocenters. The van der Waals surface area contributed by atoms with E-state index in [0.717, 1.165) is 31.7 Å². The number of benzene rings is 1. The van der Waals surface area contributed by atoms with Gasteiger partial charge >= 0.3 is 0 Å². The number of nitrogens with zero attached hydrogens (tertiary/aromatic N) is 1. The van der Waals surface area contributed by atoms with Gasteiger partial charge in [0.2, 0.25) is 0 Å². The minimum Gasteiger partial charge on any atom is -0.481 e. The molecule has 2 aliphatic rings. The van der Waals surface area contributed by atoms with Crippen LogP contribution in [0.15, 0.2) is 18.2 Å². The molecule has 0 radical (unpaired) electrons. The molecular weight excluding hydrogens is 330 g/mol. The topological polar surface area (TPSA) is 48.0 Å². The van der Waals surface area contributed by atoms with Crippen LogP contribution in [0.1, 0.15) is 50.7 Å². The van der Waals surface area contributed by atoms with Gasteiger partial charge in [0.1, 0.15) is 5.75 Å². The Morgan fingerprint density at radius 2 is 1.81 bits per heavy atom. The van der Waals surface area contributed by atoms with Crippen molar-refractivity contribution in [2.45, 2.75) is 58.8 Å². The van der Waals surface area contributed by atoms with Crippen LogP contribution in [0, 0.1) is 12.8 Å². The van der Waals surface area contributed by atoms with Gasteiger partial charge in [-0.25, -0.2) is 0 Å². The summed E-state index contributed by atoms with van der Waals surface area (Å²) in [6.45, 7) is 11.1. The molecule has 0 spiro atoms. The van der Waals surface area contributed by atoms with Gasteiger partial charge in [0.05, 0.1) is 13.2 Å². The second kappa shape index (κ2) is 8.40. The van der Waals surface area contributed by atoms with Gasteiger partial charge in [-0.15, -0.1) is 0 Å². The van der Waals surface area contributed by atoms with Crippen molar-refractivity contribution in [3.63, 3.8) is 0 Å². The third kappa shape index (κ3) is 4.38. The predicted octanol–water partition coefficient (Wildman–Crippen LogP) is 3.50. The average Bonchev–Trinajstić information content (AvgIpc) is 3.15. The Bertz CT molecular complexity index is 616. The summed E-state index contributed by atoms with van der Waals surface area (Å²) < 4.78 is 17.1. The van der Waals surface area contributed by atoms with Gasteiger partial charge in [0, 0.05) is 19.0 Å². The average molecular weight is 361 g/mol. The Labute approximate surface area is 156 Å². The molecule has 1 unspecified atom stereocenters. The van der Waals surface area contributed by atoms with E-state index in [-0.39, 0.29) is 12.2 Å². The number of carbonyl (C=O) groups excluding carboxylic acids is 1. The molecule has 2 aliphatic heterocycles. The second-order valence-corrected chi connectivity index (χ2v) is 7.71. The highest BCUT2D eigenvalue weighted by Crippen LogP contribution is 2.27. The Balaban J connectivity index is 1.52. The largest absolute Gasteiger partial charge is 0.481 e. The van der Waals surface area contributed by atoms with Crippen molar-refractivity contribution in [2.24, 2.45) is 5.92 Å². The number of hydrogen-bond acceptors (Lipinski definition) is 4. The number of likely N-dealkylation sites (tertiary alicyclic amines) is 1. The first-order valence-electron chi connectivity index (χ1n) is 9.75. The molecule has 1 amide bonds. The molecule has 0 aliphatic carbocycles. The summed E-state index contributed by atoms with van der Waals surface area (Å²) in [5.41, 5.74) is 2.52. The quantitative estimate of drug-likeness (QED) is 0.805. The number of hydrogen-bond donors (Lipinski definition) is 0. The second-order valence-electron chi connectivity index (χ2n) is 7.71. The van der Waals surface area contributed by atoms with Crippen molar-refractivity contribution in [2.75, 3.05) is 26.3 Å². The van der Waals surface area contributed by atoms with Crippen LogP contribution in [-0.2, 0) is 14.3 Å². The van der Waals surface area contributed by atoms with E-state index in [1.807, 2.05) is 24.0 Å². The van der Waals surface area contributed by atoms with E-state index in [4.69, 9.17) is 14.2 Å². The smallest absolute Gasteiger partial charge is 0.263 e. The summed E-state index contributed by atoms with van der Waals surface area (Å²) >= 11 is 0. The van der Waals surface area contributed by atoms with Crippen molar-refractivity contribution < 1.29 is 19.0 Å². The summed E-state index contributed by atoms with van der Waals surface area (Å²) in [4.78, 5) is 14.6. The highest BCUT2D eigenvalue weighted by atomic mass is 16.7. The van der Waals surface area contributed by atoms with Gasteiger partial charge in [0.25, 0.3) is 5.91 Å². The van der Waals surface area contributed by atoms with E-state index in [0.29, 0.717) is 25.0 Å². The molecule has 26 heavy (non-hydrogen) atoms. The van der Waals surface area contributed by atoms with Gasteiger partial charge < -0.3 is 19.1 Å². The number of ether oxygens (including phenoxy) is 3. The van der Waals surface area contributed by atoms with Crippen LogP contribution in [0.2, 0.25) is 0 Å². The molecule has 3 rings (SSSR count). The van der Waals surface area contributed by atoms with E-state index in [2.05, 4.69) is 26.8 Å². The fourth-order valence-corrected chi connectivity index (χ4v) is 3.92. The lowest BCUT2D eigenvalue weighted by Gasteiger charge is -2.35. The molecular formula is C21H31NO4. The van der Waals surface area contributed by atoms with Crippen LogP contribution in [0.4, 0.5) is 0 Å². The molecule has 5 heteroatoms. The molecule has 2 heterocycles. The third-order valence-corrected chi connectivity index (χ3v) is 5.41. The Morgan fingerprint density at radius 3 is 2.38 bits per heavy atom. The van der Waals surface area contributed by atoms with Crippen LogP contribution in [0.25, 0.3) is 0 Å². The van der Waals surface area contributed by atoms with Gasteiger partial charge in [-0.3, -0.25) is 4.79 Å². The SMILES string of the molecule is Cc1cc(OC(C)C(=O)N2CCC(C3OCCO3)CC2)ccc1C(C)C. The minimum atomic E-state index is -0.477. The molecule has 2 saturated heterocycles. The van der Waals surface area contributed by atoms with E-state index < -0.39 is 6.10 Å². The molecule has 1 aromatic carbocycles. The lowest BCUT2D eigenvalue weighted by Crippen LogP contribution is -2.46. The van der Waals surface area contributed by atoms with Gasteiger partial charge in [-0.05, 0) is 55.9 Å². The van der Waals surface area contributed by atoms with Crippen LogP contribution in [0.3, 0.4) is 0 Å². The molecule has 0 bridgehead atoms. The van der Waals surface area contributed by atoms with Crippen molar-refractivity contribution in [3.8, 4) is 5.75 Å². The van der Waals surface area contributed by atoms with E-state index >= 15 is 0 Å². The number of amides is 1. The van der Waals surface area contributed by atoms with Crippen molar-refractivity contribution in [1.82, 2.24) is 4.90 Å². The fourth-order valence-electron chi connectivity index (χ4n) is 3.92. The number of aryl methyl sites for hydroxylation is 1. The van der Waals surface area contributed by atoms with Crippen molar-refractivity contribution in [1.29, 1.82) is 0 Å². The molecule has 2 fully saturated rings. The van der Waals surface area contributed by atoms with Crippen LogP contribution >= 0.6 is 0 Å². The Morgan fingerprint density at radius 1 is 1.15 bits per heavy atom. The van der Waals surface area contributed by atoms with E-state index in [1.54, 1.807) is 0 Å². The highest BCUT2D eigenvalue weighted by Gasteiger charge is 2.33. The molecule has 0 N–H and O–H groups in total. The Hall–Kier alpha value is -1.59. The lowest BCUT2D eigenvalue weighted by molar-refractivity contribution is -0.143. The summed E-state index contributed by atoms with van der Waals surface area (Å²) in [5.74, 6) is 1.69. The molecule has 144 valence electrons. The monoisotopic (exact) mass is 361 g/mol. The normalized spacial score (nSPS) is 20.6. The first-order chi connectivity index (χ1) is 12.5. The summed E-state index contributed by atoms with van der Waals surface area (Å²) in [6.07, 6.45) is 1.29. The van der Waals surface area contributed by atoms with Gasteiger partial charge in [0.15, 0.2) is 12.4 Å². The third-order valence-electron chi connectivity index (χ3n) is 5.41. The Kier molecular flexibility index (Phi) is 6.20. The molecule has 0 aromatic heterocycles. The maximum Gasteiger partial charge on any atom is 0.263 e. The number of carbonyl (C=O) groups is 1. The maximum absolute atomic E-state index is 12.7. The van der Waals surface area contributed by atoms with E-state index in [1.165, 1.54) is 11.1 Å². The van der Waals surface area contributed by atoms with Crippen LogP contribution in [0.5, 0.6) is 5.75 Å². The van der Waals surface area contributed by atoms with Crippen molar-refractivity contribution in [3.05, 3.63) is 29.3 Å². The minimum absolute atomic E-state index is 0.0577. The maximum atomic E-state index is 12.7. The van der Waals surface area contributed by atoms with Crippen molar-refractivity contribution >= 4 is 5.91 Å². The first-order valence-corrected chi connectivity index (χ1v) is 9.75. The molecule has 1 aromatic rings. The number of rotatable bonds is 5. The molecule has 0 saturated carbocycles. The van der Waals surface area contributed by atoms with Crippen LogP contribution < -0.4 is 4.74 Å². The summed E-state index contributed by atoms with van der Waals surface area (Å²) in [5, 5.41) is 0. The molecule has 5 nitrogen and oxygen atoms in total. The zero-order valence-corrected chi connectivity index (χ0v) is 16.4. The zero-order chi connectivity index (χ0) is 18.7. The van der Waals surface area contributed by atoms with Gasteiger partial charge in [-0.2, -0.15) is 0 Å². The first kappa shape index (κ1) is 19.2. The summed E-state index contributed by atoms with van der Waals surface area (Å²) in [6, 6.07) is 6.09. The standard InChI is InChI=1S/C21H31NO4/c1-14(2)19-6-5-18(13-15(19)3)26-16(4)20(23)22-9-7-17(8-10-22)21-24-11-12-25-21/h5-6,13-14,16-17,21H,7-12H2,1-4H3. The van der Waals surface area contributed by atoms with Crippen LogP contribution in [-0.4, -0.2) is 49.5 Å². The lowest BCUT2D eigenvalue weighted by atomic mass is 9.96. The van der Waals surface area contributed by atoms with Gasteiger partial charge in [-0.1, -0.05) is 19.9 Å². The predicted molar refractivity (Wildman–Crippen MR) is 100 cm³/mol.